The highest BCUT2D eigenvalue weighted by atomic mass is 32.2. The number of benzene rings is 1. The van der Waals surface area contributed by atoms with E-state index in [2.05, 4.69) is 6.92 Å². The molecule has 0 aromatic heterocycles. The monoisotopic (exact) mass is 306 g/mol. The molecule has 21 heavy (non-hydrogen) atoms. The van der Waals surface area contributed by atoms with E-state index in [0.717, 1.165) is 17.2 Å². The molecule has 0 bridgehead atoms. The molecule has 0 saturated heterocycles. The van der Waals surface area contributed by atoms with Gasteiger partial charge in [-0.15, -0.1) is 0 Å². The number of primary amides is 1. The number of hydrogen-bond donors (Lipinski definition) is 2. The van der Waals surface area contributed by atoms with Gasteiger partial charge in [0.15, 0.2) is 0 Å². The second-order valence-electron chi connectivity index (χ2n) is 6.22. The van der Waals surface area contributed by atoms with Crippen LogP contribution in [0.4, 0.5) is 0 Å². The van der Waals surface area contributed by atoms with E-state index in [1.807, 2.05) is 42.1 Å². The SMILES string of the molecule is CC1CCCC(SCCC(N)(C(N)=O)c2ccccc2)C1. The summed E-state index contributed by atoms with van der Waals surface area (Å²) in [6.45, 7) is 2.33. The number of thioether (sulfide) groups is 1. The first kappa shape index (κ1) is 16.4. The smallest absolute Gasteiger partial charge is 0.242 e. The predicted molar refractivity (Wildman–Crippen MR) is 90.0 cm³/mol. The molecule has 1 amide bonds. The Bertz CT molecular complexity index is 465. The summed E-state index contributed by atoms with van der Waals surface area (Å²) in [6.07, 6.45) is 5.84. The normalized spacial score (nSPS) is 25.2. The highest BCUT2D eigenvalue weighted by Crippen LogP contribution is 2.33. The van der Waals surface area contributed by atoms with Gasteiger partial charge in [0.05, 0.1) is 0 Å². The second kappa shape index (κ2) is 7.32. The van der Waals surface area contributed by atoms with Crippen LogP contribution in [0, 0.1) is 5.92 Å². The first-order valence-electron chi connectivity index (χ1n) is 7.78. The van der Waals surface area contributed by atoms with Gasteiger partial charge in [-0.1, -0.05) is 50.1 Å². The Morgan fingerprint density at radius 2 is 2.05 bits per heavy atom. The highest BCUT2D eigenvalue weighted by molar-refractivity contribution is 7.99. The number of rotatable bonds is 6. The molecule has 3 atom stereocenters. The summed E-state index contributed by atoms with van der Waals surface area (Å²) in [5.41, 5.74) is 11.7. The zero-order valence-electron chi connectivity index (χ0n) is 12.8. The minimum atomic E-state index is -1.05. The average Bonchev–Trinajstić information content (AvgIpc) is 2.48. The van der Waals surface area contributed by atoms with E-state index in [-0.39, 0.29) is 0 Å². The Balaban J connectivity index is 1.93. The second-order valence-corrected chi connectivity index (χ2v) is 7.62. The maximum absolute atomic E-state index is 11.8. The Hall–Kier alpha value is -1.00. The lowest BCUT2D eigenvalue weighted by atomic mass is 9.88. The van der Waals surface area contributed by atoms with E-state index >= 15 is 0 Å². The van der Waals surface area contributed by atoms with Gasteiger partial charge in [-0.3, -0.25) is 4.79 Å². The molecule has 4 heteroatoms. The van der Waals surface area contributed by atoms with Crippen LogP contribution in [0.3, 0.4) is 0 Å². The van der Waals surface area contributed by atoms with Gasteiger partial charge >= 0.3 is 0 Å². The van der Waals surface area contributed by atoms with Crippen molar-refractivity contribution in [1.29, 1.82) is 0 Å². The van der Waals surface area contributed by atoms with Crippen molar-refractivity contribution in [3.8, 4) is 0 Å². The van der Waals surface area contributed by atoms with Gasteiger partial charge < -0.3 is 11.5 Å². The van der Waals surface area contributed by atoms with Crippen LogP contribution < -0.4 is 11.5 Å². The zero-order valence-corrected chi connectivity index (χ0v) is 13.6. The third-order valence-corrected chi connectivity index (χ3v) is 5.81. The van der Waals surface area contributed by atoms with Gasteiger partial charge in [0.2, 0.25) is 5.91 Å². The molecule has 0 spiro atoms. The third-order valence-electron chi connectivity index (χ3n) is 4.47. The molecule has 4 N–H and O–H groups in total. The van der Waals surface area contributed by atoms with E-state index in [4.69, 9.17) is 11.5 Å². The van der Waals surface area contributed by atoms with Crippen LogP contribution in [0.15, 0.2) is 30.3 Å². The van der Waals surface area contributed by atoms with Crippen molar-refractivity contribution in [2.75, 3.05) is 5.75 Å². The Kier molecular flexibility index (Phi) is 5.71. The highest BCUT2D eigenvalue weighted by Gasteiger charge is 2.33. The number of carbonyl (C=O) groups is 1. The van der Waals surface area contributed by atoms with Crippen molar-refractivity contribution >= 4 is 17.7 Å². The van der Waals surface area contributed by atoms with Gasteiger partial charge in [-0.2, -0.15) is 11.8 Å². The lowest BCUT2D eigenvalue weighted by Crippen LogP contribution is -2.49. The summed E-state index contributed by atoms with van der Waals surface area (Å²) in [5.74, 6) is 1.27. The molecule has 1 aromatic rings. The molecule has 0 radical (unpaired) electrons. The lowest BCUT2D eigenvalue weighted by Gasteiger charge is -2.29. The predicted octanol–water partition coefficient (Wildman–Crippen LogP) is 3.03. The maximum atomic E-state index is 11.8. The standard InChI is InChI=1S/C17H26N2OS/c1-13-6-5-9-15(12-13)21-11-10-17(19,16(18)20)14-7-3-2-4-8-14/h2-4,7-8,13,15H,5-6,9-12,19H2,1H3,(H2,18,20). The van der Waals surface area contributed by atoms with E-state index in [0.29, 0.717) is 11.7 Å². The summed E-state index contributed by atoms with van der Waals surface area (Å²) < 4.78 is 0. The van der Waals surface area contributed by atoms with Gasteiger partial charge in [0, 0.05) is 5.25 Å². The number of carbonyl (C=O) groups excluding carboxylic acids is 1. The summed E-state index contributed by atoms with van der Waals surface area (Å²) in [4.78, 5) is 11.8. The van der Waals surface area contributed by atoms with Crippen LogP contribution in [0.1, 0.15) is 44.6 Å². The minimum Gasteiger partial charge on any atom is -0.368 e. The van der Waals surface area contributed by atoms with Crippen LogP contribution in [0.2, 0.25) is 0 Å². The van der Waals surface area contributed by atoms with Crippen LogP contribution >= 0.6 is 11.8 Å². The summed E-state index contributed by atoms with van der Waals surface area (Å²) in [5, 5.41) is 0.710. The molecule has 0 heterocycles. The molecule has 0 aliphatic heterocycles. The van der Waals surface area contributed by atoms with Crippen molar-refractivity contribution in [1.82, 2.24) is 0 Å². The quantitative estimate of drug-likeness (QED) is 0.849. The van der Waals surface area contributed by atoms with Crippen LogP contribution in [0.25, 0.3) is 0 Å². The first-order valence-corrected chi connectivity index (χ1v) is 8.83. The molecule has 3 nitrogen and oxygen atoms in total. The molecular formula is C17H26N2OS. The van der Waals surface area contributed by atoms with Crippen LogP contribution in [-0.2, 0) is 10.3 Å². The molecule has 1 aliphatic carbocycles. The number of hydrogen-bond acceptors (Lipinski definition) is 3. The van der Waals surface area contributed by atoms with Crippen LogP contribution in [-0.4, -0.2) is 16.9 Å². The Morgan fingerprint density at radius 3 is 2.67 bits per heavy atom. The van der Waals surface area contributed by atoms with Gasteiger partial charge in [-0.25, -0.2) is 0 Å². The fourth-order valence-corrected chi connectivity index (χ4v) is 4.63. The van der Waals surface area contributed by atoms with Gasteiger partial charge in [0.1, 0.15) is 5.54 Å². The fourth-order valence-electron chi connectivity index (χ4n) is 3.06. The largest absolute Gasteiger partial charge is 0.368 e. The molecule has 1 fully saturated rings. The van der Waals surface area contributed by atoms with Crippen molar-refractivity contribution < 1.29 is 4.79 Å². The molecule has 1 aromatic carbocycles. The van der Waals surface area contributed by atoms with Crippen LogP contribution in [0.5, 0.6) is 0 Å². The minimum absolute atomic E-state index is 0.439. The van der Waals surface area contributed by atoms with E-state index in [9.17, 15) is 4.79 Å². The van der Waals surface area contributed by atoms with E-state index in [1.165, 1.54) is 25.7 Å². The number of amides is 1. The maximum Gasteiger partial charge on any atom is 0.242 e. The lowest BCUT2D eigenvalue weighted by molar-refractivity contribution is -0.123. The van der Waals surface area contributed by atoms with Crippen molar-refractivity contribution in [3.63, 3.8) is 0 Å². The Morgan fingerprint density at radius 1 is 1.33 bits per heavy atom. The molecule has 2 rings (SSSR count). The zero-order chi connectivity index (χ0) is 15.3. The molecule has 3 unspecified atom stereocenters. The van der Waals surface area contributed by atoms with Gasteiger partial charge in [-0.05, 0) is 36.5 Å². The van der Waals surface area contributed by atoms with Crippen molar-refractivity contribution in [2.24, 2.45) is 17.4 Å². The molecule has 1 aliphatic rings. The fraction of sp³-hybridized carbons (Fsp3) is 0.588. The third kappa shape index (κ3) is 4.24. The molecule has 116 valence electrons. The number of nitrogens with two attached hydrogens (primary N) is 2. The van der Waals surface area contributed by atoms with Crippen molar-refractivity contribution in [2.45, 2.75) is 49.8 Å². The molecular weight excluding hydrogens is 280 g/mol. The Labute approximate surface area is 131 Å². The van der Waals surface area contributed by atoms with E-state index < -0.39 is 11.4 Å². The van der Waals surface area contributed by atoms with Gasteiger partial charge in [0.25, 0.3) is 0 Å². The topological polar surface area (TPSA) is 69.1 Å². The van der Waals surface area contributed by atoms with E-state index in [1.54, 1.807) is 0 Å². The molecule has 1 saturated carbocycles. The summed E-state index contributed by atoms with van der Waals surface area (Å²) in [6, 6.07) is 9.49. The summed E-state index contributed by atoms with van der Waals surface area (Å²) in [7, 11) is 0. The average molecular weight is 306 g/mol. The summed E-state index contributed by atoms with van der Waals surface area (Å²) >= 11 is 1.95. The first-order chi connectivity index (χ1) is 10.0. The van der Waals surface area contributed by atoms with Crippen molar-refractivity contribution in [3.05, 3.63) is 35.9 Å².